The molecule has 21 heavy (non-hydrogen) atoms. The van der Waals surface area contributed by atoms with Gasteiger partial charge in [0.05, 0.1) is 6.54 Å². The lowest BCUT2D eigenvalue weighted by atomic mass is 10.1. The van der Waals surface area contributed by atoms with Gasteiger partial charge in [-0.05, 0) is 11.6 Å². The highest BCUT2D eigenvalue weighted by atomic mass is 16.2. The van der Waals surface area contributed by atoms with Crippen LogP contribution in [-0.4, -0.2) is 41.8 Å². The van der Waals surface area contributed by atoms with Gasteiger partial charge in [0.15, 0.2) is 5.84 Å². The molecule has 0 atom stereocenters. The fourth-order valence-electron chi connectivity index (χ4n) is 2.46. The number of fused-ring (bicyclic) bond motifs is 1. The molecule has 0 saturated heterocycles. The van der Waals surface area contributed by atoms with Gasteiger partial charge in [0.2, 0.25) is 5.56 Å². The Morgan fingerprint density at radius 1 is 1.38 bits per heavy atom. The number of aromatic nitrogens is 1. The monoisotopic (exact) mass is 284 g/mol. The molecule has 1 amide bonds. The van der Waals surface area contributed by atoms with Crippen LogP contribution in [0.3, 0.4) is 0 Å². The van der Waals surface area contributed by atoms with E-state index >= 15 is 0 Å². The average Bonchev–Trinajstić information content (AvgIpc) is 3.00. The second kappa shape index (κ2) is 5.40. The molecule has 0 unspecified atom stereocenters. The third kappa shape index (κ3) is 2.65. The fourth-order valence-corrected chi connectivity index (χ4v) is 2.46. The molecule has 0 bridgehead atoms. The molecule has 1 aromatic heterocycles. The summed E-state index contributed by atoms with van der Waals surface area (Å²) >= 11 is 0. The summed E-state index contributed by atoms with van der Waals surface area (Å²) in [6, 6.07) is 9.10. The Labute approximate surface area is 121 Å². The minimum atomic E-state index is -0.166. The van der Waals surface area contributed by atoms with Gasteiger partial charge in [-0.3, -0.25) is 14.6 Å². The fraction of sp³-hybridized carbons (Fsp3) is 0.267. The van der Waals surface area contributed by atoms with Crippen LogP contribution < -0.4 is 10.9 Å². The van der Waals surface area contributed by atoms with Crippen LogP contribution >= 0.6 is 0 Å². The van der Waals surface area contributed by atoms with Crippen molar-refractivity contribution in [3.63, 3.8) is 0 Å². The number of aromatic amines is 1. The Morgan fingerprint density at radius 3 is 2.95 bits per heavy atom. The number of amidine groups is 1. The first-order valence-corrected chi connectivity index (χ1v) is 6.80. The number of likely N-dealkylation sites (N-methyl/N-ethyl adjacent to an activating group) is 1. The van der Waals surface area contributed by atoms with Crippen molar-refractivity contribution in [2.24, 2.45) is 4.99 Å². The van der Waals surface area contributed by atoms with Crippen molar-refractivity contribution in [1.82, 2.24) is 15.2 Å². The number of hydrogen-bond acceptors (Lipinski definition) is 4. The van der Waals surface area contributed by atoms with Crippen LogP contribution in [0.2, 0.25) is 0 Å². The highest BCUT2D eigenvalue weighted by molar-refractivity contribution is 6.38. The van der Waals surface area contributed by atoms with Gasteiger partial charge in [0.25, 0.3) is 5.91 Å². The SMILES string of the molecule is CN(Cc1cc(=O)[nH]c2ccccc12)C(=O)C1=NCCN1. The van der Waals surface area contributed by atoms with Crippen LogP contribution in [-0.2, 0) is 11.3 Å². The van der Waals surface area contributed by atoms with E-state index in [0.29, 0.717) is 25.5 Å². The molecule has 0 spiro atoms. The molecule has 0 aliphatic carbocycles. The summed E-state index contributed by atoms with van der Waals surface area (Å²) in [5.41, 5.74) is 1.43. The number of rotatable bonds is 3. The number of carbonyl (C=O) groups excluding carboxylic acids is 1. The molecule has 2 N–H and O–H groups in total. The second-order valence-electron chi connectivity index (χ2n) is 5.02. The third-order valence-corrected chi connectivity index (χ3v) is 3.47. The van der Waals surface area contributed by atoms with E-state index in [9.17, 15) is 9.59 Å². The Hall–Kier alpha value is -2.63. The number of aliphatic imine (C=N–C) groups is 1. The number of para-hydroxylation sites is 1. The smallest absolute Gasteiger partial charge is 0.288 e. The molecule has 0 saturated carbocycles. The van der Waals surface area contributed by atoms with E-state index < -0.39 is 0 Å². The quantitative estimate of drug-likeness (QED) is 0.861. The third-order valence-electron chi connectivity index (χ3n) is 3.47. The first kappa shape index (κ1) is 13.4. The van der Waals surface area contributed by atoms with Gasteiger partial charge in [-0.15, -0.1) is 0 Å². The lowest BCUT2D eigenvalue weighted by molar-refractivity contribution is -0.123. The van der Waals surface area contributed by atoms with Crippen molar-refractivity contribution in [3.05, 3.63) is 46.2 Å². The zero-order valence-electron chi connectivity index (χ0n) is 11.7. The van der Waals surface area contributed by atoms with Crippen molar-refractivity contribution >= 4 is 22.6 Å². The Morgan fingerprint density at radius 2 is 2.19 bits per heavy atom. The summed E-state index contributed by atoms with van der Waals surface area (Å²) in [7, 11) is 1.71. The molecule has 2 heterocycles. The minimum Gasteiger partial charge on any atom is -0.364 e. The van der Waals surface area contributed by atoms with Crippen molar-refractivity contribution in [1.29, 1.82) is 0 Å². The summed E-state index contributed by atoms with van der Waals surface area (Å²) in [4.78, 5) is 32.4. The van der Waals surface area contributed by atoms with Gasteiger partial charge in [0.1, 0.15) is 0 Å². The summed E-state index contributed by atoms with van der Waals surface area (Å²) in [5, 5.41) is 3.91. The van der Waals surface area contributed by atoms with E-state index in [1.807, 2.05) is 24.3 Å². The van der Waals surface area contributed by atoms with Crippen molar-refractivity contribution in [2.45, 2.75) is 6.54 Å². The van der Waals surface area contributed by atoms with E-state index in [-0.39, 0.29) is 11.5 Å². The topological polar surface area (TPSA) is 77.6 Å². The molecular weight excluding hydrogens is 268 g/mol. The summed E-state index contributed by atoms with van der Waals surface area (Å²) in [6.07, 6.45) is 0. The van der Waals surface area contributed by atoms with Gasteiger partial charge in [-0.25, -0.2) is 0 Å². The van der Waals surface area contributed by atoms with Crippen molar-refractivity contribution < 1.29 is 4.79 Å². The molecule has 1 aliphatic heterocycles. The van der Waals surface area contributed by atoms with Crippen LogP contribution in [0.25, 0.3) is 10.9 Å². The highest BCUT2D eigenvalue weighted by Gasteiger charge is 2.19. The molecule has 2 aromatic rings. The van der Waals surface area contributed by atoms with E-state index in [0.717, 1.165) is 16.5 Å². The zero-order valence-corrected chi connectivity index (χ0v) is 11.7. The molecule has 0 fully saturated rings. The van der Waals surface area contributed by atoms with E-state index in [1.54, 1.807) is 11.9 Å². The molecule has 1 aliphatic rings. The van der Waals surface area contributed by atoms with Gasteiger partial charge >= 0.3 is 0 Å². The van der Waals surface area contributed by atoms with Crippen LogP contribution in [0, 0.1) is 0 Å². The first-order chi connectivity index (χ1) is 10.1. The Bertz CT molecular complexity index is 779. The largest absolute Gasteiger partial charge is 0.364 e. The van der Waals surface area contributed by atoms with Crippen molar-refractivity contribution in [3.8, 4) is 0 Å². The lowest BCUT2D eigenvalue weighted by Gasteiger charge is -2.18. The molecule has 6 heteroatoms. The van der Waals surface area contributed by atoms with E-state index in [1.165, 1.54) is 6.07 Å². The maximum atomic E-state index is 12.2. The molecule has 108 valence electrons. The minimum absolute atomic E-state index is 0.156. The van der Waals surface area contributed by atoms with Gasteiger partial charge in [-0.2, -0.15) is 0 Å². The number of benzene rings is 1. The number of carbonyl (C=O) groups is 1. The van der Waals surface area contributed by atoms with Gasteiger partial charge in [-0.1, -0.05) is 18.2 Å². The average molecular weight is 284 g/mol. The molecule has 6 nitrogen and oxygen atoms in total. The van der Waals surface area contributed by atoms with Crippen LogP contribution in [0.1, 0.15) is 5.56 Å². The van der Waals surface area contributed by atoms with E-state index in [4.69, 9.17) is 0 Å². The number of hydrogen-bond donors (Lipinski definition) is 2. The van der Waals surface area contributed by atoms with Gasteiger partial charge in [0, 0.05) is 37.1 Å². The number of nitrogens with one attached hydrogen (secondary N) is 2. The summed E-state index contributed by atoms with van der Waals surface area (Å²) in [6.45, 7) is 1.69. The van der Waals surface area contributed by atoms with Crippen LogP contribution in [0.15, 0.2) is 40.1 Å². The lowest BCUT2D eigenvalue weighted by Crippen LogP contribution is -2.38. The first-order valence-electron chi connectivity index (χ1n) is 6.80. The number of pyridine rings is 1. The van der Waals surface area contributed by atoms with Gasteiger partial charge < -0.3 is 15.2 Å². The second-order valence-corrected chi connectivity index (χ2v) is 5.02. The predicted octanol–water partition coefficient (Wildman–Crippen LogP) is 0.488. The zero-order chi connectivity index (χ0) is 14.8. The number of amides is 1. The Balaban J connectivity index is 1.90. The molecule has 1 aromatic carbocycles. The summed E-state index contributed by atoms with van der Waals surface area (Å²) < 4.78 is 0. The maximum absolute atomic E-state index is 12.2. The molecule has 3 rings (SSSR count). The van der Waals surface area contributed by atoms with E-state index in [2.05, 4.69) is 15.3 Å². The maximum Gasteiger partial charge on any atom is 0.288 e. The predicted molar refractivity (Wildman–Crippen MR) is 81.3 cm³/mol. The van der Waals surface area contributed by atoms with Crippen LogP contribution in [0.5, 0.6) is 0 Å². The molecule has 0 radical (unpaired) electrons. The number of H-pyrrole nitrogens is 1. The Kier molecular flexibility index (Phi) is 3.43. The van der Waals surface area contributed by atoms with Crippen molar-refractivity contribution in [2.75, 3.05) is 20.1 Å². The molecular formula is C15H16N4O2. The standard InChI is InChI=1S/C15H16N4O2/c1-19(15(21)14-16-6-7-17-14)9-10-8-13(20)18-12-5-3-2-4-11(10)12/h2-5,8H,6-7,9H2,1H3,(H,16,17)(H,18,20). The number of nitrogens with zero attached hydrogens (tertiary/aromatic N) is 2. The highest BCUT2D eigenvalue weighted by Crippen LogP contribution is 2.16. The van der Waals surface area contributed by atoms with Crippen LogP contribution in [0.4, 0.5) is 0 Å². The normalized spacial score (nSPS) is 13.9. The summed E-state index contributed by atoms with van der Waals surface area (Å²) in [5.74, 6) is 0.239.